The number of anilines is 1. The van der Waals surface area contributed by atoms with Gasteiger partial charge in [-0.2, -0.15) is 0 Å². The van der Waals surface area contributed by atoms with Crippen molar-refractivity contribution in [2.45, 2.75) is 109 Å². The molecule has 3 aromatic rings. The van der Waals surface area contributed by atoms with Crippen LogP contribution in [0.2, 0.25) is 0 Å². The normalized spacial score (nSPS) is 21.8. The van der Waals surface area contributed by atoms with Gasteiger partial charge in [0.15, 0.2) is 0 Å². The average molecular weight is 585 g/mol. The van der Waals surface area contributed by atoms with Gasteiger partial charge in [-0.05, 0) is 63.6 Å². The number of nitrogens with one attached hydrogen (secondary N) is 1. The lowest BCUT2D eigenvalue weighted by Gasteiger charge is -2.49. The molecule has 2 aliphatic carbocycles. The third-order valence-corrected chi connectivity index (χ3v) is 8.53. The van der Waals surface area contributed by atoms with Crippen molar-refractivity contribution in [3.63, 3.8) is 0 Å². The largest absolute Gasteiger partial charge is 0.390 e. The Hall–Kier alpha value is -3.55. The van der Waals surface area contributed by atoms with Gasteiger partial charge in [0, 0.05) is 42.1 Å². The predicted octanol–water partition coefficient (Wildman–Crippen LogP) is 7.04. The van der Waals surface area contributed by atoms with E-state index in [1.165, 1.54) is 39.0 Å². The summed E-state index contributed by atoms with van der Waals surface area (Å²) in [7, 11) is 0. The number of amides is 2. The minimum atomic E-state index is -0.686. The summed E-state index contributed by atoms with van der Waals surface area (Å²) in [5.41, 5.74) is 10.7. The molecule has 1 heterocycles. The van der Waals surface area contributed by atoms with Crippen molar-refractivity contribution in [3.8, 4) is 22.4 Å². The third-order valence-electron chi connectivity index (χ3n) is 8.53. The Morgan fingerprint density at radius 1 is 1.02 bits per heavy atom. The number of aromatic nitrogens is 1. The van der Waals surface area contributed by atoms with Gasteiger partial charge in [-0.3, -0.25) is 14.6 Å². The van der Waals surface area contributed by atoms with Gasteiger partial charge < -0.3 is 21.1 Å². The van der Waals surface area contributed by atoms with Crippen LogP contribution in [0.5, 0.6) is 0 Å². The highest BCUT2D eigenvalue weighted by atomic mass is 16.3. The molecule has 0 unspecified atom stereocenters. The van der Waals surface area contributed by atoms with Gasteiger partial charge in [0.1, 0.15) is 0 Å². The molecule has 2 saturated carbocycles. The van der Waals surface area contributed by atoms with Gasteiger partial charge >= 0.3 is 0 Å². The minimum absolute atomic E-state index is 0.132. The van der Waals surface area contributed by atoms with Crippen molar-refractivity contribution >= 4 is 17.5 Å². The fourth-order valence-corrected chi connectivity index (χ4v) is 6.73. The van der Waals surface area contributed by atoms with Crippen LogP contribution in [0.3, 0.4) is 0 Å². The first kappa shape index (κ1) is 32.4. The van der Waals surface area contributed by atoms with E-state index in [0.29, 0.717) is 42.9 Å². The molecular weight excluding hydrogens is 536 g/mol. The summed E-state index contributed by atoms with van der Waals surface area (Å²) >= 11 is 0. The predicted molar refractivity (Wildman–Crippen MR) is 174 cm³/mol. The van der Waals surface area contributed by atoms with Gasteiger partial charge in [-0.25, -0.2) is 0 Å². The zero-order valence-corrected chi connectivity index (χ0v) is 26.4. The van der Waals surface area contributed by atoms with Crippen molar-refractivity contribution in [3.05, 3.63) is 72.4 Å². The second-order valence-electron chi connectivity index (χ2n) is 12.8. The molecule has 4 N–H and O–H groups in total. The fraction of sp³-hybridized carbons (Fsp3) is 0.472. The average Bonchev–Trinajstić information content (AvgIpc) is 2.97. The molecule has 43 heavy (non-hydrogen) atoms. The number of hydrogen-bond acceptors (Lipinski definition) is 5. The number of pyridine rings is 1. The quantitative estimate of drug-likeness (QED) is 0.276. The van der Waals surface area contributed by atoms with Crippen LogP contribution in [-0.4, -0.2) is 44.5 Å². The van der Waals surface area contributed by atoms with Crippen molar-refractivity contribution in [1.82, 2.24) is 9.88 Å². The highest BCUT2D eigenvalue weighted by molar-refractivity contribution is 5.91. The van der Waals surface area contributed by atoms with E-state index in [4.69, 9.17) is 5.73 Å². The number of carbonyl (C=O) groups is 2. The number of hydrogen-bond donors (Lipinski definition) is 3. The molecule has 2 aliphatic rings. The first-order valence-electron chi connectivity index (χ1n) is 15.7. The summed E-state index contributed by atoms with van der Waals surface area (Å²) in [5.74, 6) is 0.194. The number of nitrogens with two attached hydrogens (primary N) is 1. The van der Waals surface area contributed by atoms with Crippen molar-refractivity contribution in [2.24, 2.45) is 5.73 Å². The summed E-state index contributed by atoms with van der Waals surface area (Å²) < 4.78 is 0. The lowest BCUT2D eigenvalue weighted by molar-refractivity contribution is -0.136. The highest BCUT2D eigenvalue weighted by Gasteiger charge is 2.49. The number of rotatable bonds is 7. The molecular formula is C36H48N4O3. The summed E-state index contributed by atoms with van der Waals surface area (Å²) in [5, 5.41) is 12.9. The summed E-state index contributed by atoms with van der Waals surface area (Å²) in [6.07, 6.45) is 9.79. The van der Waals surface area contributed by atoms with Crippen LogP contribution in [0.4, 0.5) is 5.69 Å². The van der Waals surface area contributed by atoms with Crippen LogP contribution in [0.25, 0.3) is 22.4 Å². The molecule has 0 aliphatic heterocycles. The van der Waals surface area contributed by atoms with Gasteiger partial charge in [0.25, 0.3) is 0 Å². The van der Waals surface area contributed by atoms with E-state index in [9.17, 15) is 14.7 Å². The molecule has 1 aromatic heterocycles. The number of carbonyl (C=O) groups excluding carboxylic acids is 2. The molecule has 0 saturated heterocycles. The maximum absolute atomic E-state index is 11.8. The first-order valence-corrected chi connectivity index (χ1v) is 15.7. The standard InChI is InChI=1S/C24H25N3O2.C12H23NO/c1-16(28)27-20-12-21(17-6-4-3-5-7-17)22(26-13-20)18-8-10-19(11-9-18)24(25)14-23(2,29)15-24;1-4-12(14)13(10(2)3)11-8-6-5-7-9-11/h3-13,29H,14-15,25H2,1-2H3,(H,27,28);10-11H,4-9H2,1-3H3. The Kier molecular flexibility index (Phi) is 10.4. The molecule has 2 fully saturated rings. The van der Waals surface area contributed by atoms with Crippen molar-refractivity contribution in [2.75, 3.05) is 5.32 Å². The Bertz CT molecular complexity index is 1370. The highest BCUT2D eigenvalue weighted by Crippen LogP contribution is 2.46. The molecule has 5 rings (SSSR count). The zero-order chi connectivity index (χ0) is 31.2. The summed E-state index contributed by atoms with van der Waals surface area (Å²) in [4.78, 5) is 30.0. The maximum Gasteiger partial charge on any atom is 0.222 e. The van der Waals surface area contributed by atoms with Gasteiger partial charge in [-0.1, -0.05) is 80.8 Å². The molecule has 7 heteroatoms. The Labute approximate surface area is 256 Å². The van der Waals surface area contributed by atoms with Crippen LogP contribution in [0.15, 0.2) is 66.9 Å². The molecule has 2 aromatic carbocycles. The summed E-state index contributed by atoms with van der Waals surface area (Å²) in [6, 6.07) is 20.9. The Balaban J connectivity index is 0.000000255. The van der Waals surface area contributed by atoms with Gasteiger partial charge in [0.2, 0.25) is 11.8 Å². The number of aliphatic hydroxyl groups is 1. The second kappa shape index (κ2) is 13.8. The van der Waals surface area contributed by atoms with Crippen LogP contribution >= 0.6 is 0 Å². The lowest BCUT2D eigenvalue weighted by Crippen LogP contribution is -2.58. The van der Waals surface area contributed by atoms with E-state index >= 15 is 0 Å². The topological polar surface area (TPSA) is 109 Å². The molecule has 2 amide bonds. The van der Waals surface area contributed by atoms with Crippen molar-refractivity contribution in [1.29, 1.82) is 0 Å². The monoisotopic (exact) mass is 584 g/mol. The van der Waals surface area contributed by atoms with Crippen LogP contribution in [-0.2, 0) is 15.1 Å². The van der Waals surface area contributed by atoms with E-state index in [0.717, 1.165) is 27.9 Å². The SMILES string of the molecule is CC(=O)Nc1cnc(-c2ccc(C3(N)CC(C)(O)C3)cc2)c(-c2ccccc2)c1.CCC(=O)N(C(C)C)C1CCCCC1. The fourth-order valence-electron chi connectivity index (χ4n) is 6.73. The Morgan fingerprint density at radius 3 is 2.19 bits per heavy atom. The molecule has 7 nitrogen and oxygen atoms in total. The van der Waals surface area contributed by atoms with Gasteiger partial charge in [0.05, 0.1) is 23.2 Å². The minimum Gasteiger partial charge on any atom is -0.390 e. The van der Waals surface area contributed by atoms with Crippen LogP contribution in [0, 0.1) is 0 Å². The molecule has 0 bridgehead atoms. The molecule has 0 spiro atoms. The van der Waals surface area contributed by atoms with Crippen LogP contribution in [0.1, 0.15) is 91.5 Å². The third kappa shape index (κ3) is 8.09. The smallest absolute Gasteiger partial charge is 0.222 e. The maximum atomic E-state index is 11.8. The number of nitrogens with zero attached hydrogens (tertiary/aromatic N) is 2. The van der Waals surface area contributed by atoms with E-state index in [1.54, 1.807) is 6.20 Å². The van der Waals surface area contributed by atoms with E-state index in [1.807, 2.05) is 74.5 Å². The molecule has 0 radical (unpaired) electrons. The van der Waals surface area contributed by atoms with Crippen LogP contribution < -0.4 is 11.1 Å². The van der Waals surface area contributed by atoms with E-state index < -0.39 is 11.1 Å². The molecule has 0 atom stereocenters. The van der Waals surface area contributed by atoms with Gasteiger partial charge in [-0.15, -0.1) is 0 Å². The summed E-state index contributed by atoms with van der Waals surface area (Å²) in [6.45, 7) is 9.51. The zero-order valence-electron chi connectivity index (χ0n) is 26.4. The second-order valence-corrected chi connectivity index (χ2v) is 12.8. The molecule has 230 valence electrons. The first-order chi connectivity index (χ1) is 20.4. The van der Waals surface area contributed by atoms with E-state index in [-0.39, 0.29) is 5.91 Å². The van der Waals surface area contributed by atoms with Crippen molar-refractivity contribution < 1.29 is 14.7 Å². The lowest BCUT2D eigenvalue weighted by atomic mass is 9.63. The van der Waals surface area contributed by atoms with E-state index in [2.05, 4.69) is 29.0 Å². The number of benzene rings is 2. The Morgan fingerprint density at radius 2 is 1.65 bits per heavy atom.